The number of hydrogen-bond donors (Lipinski definition) is 2. The standard InChI is InChI=1S/C59H101N2O6P/c1-6-8-10-12-14-16-18-20-21-22-23-24-25-26-27-28-29-30-31-32-33-34-35-36-37-38-39-41-43-45-47-49-51-53-59(63)60-57(56-67-68(64,65)66-55-54-61(3,4)5)58(62)52-50-48-46-44-42-40-19-17-15-13-11-9-7-2/h8,10,14,16,20-21,23-24,26-27,29-30,32-33,35-36,42,44,50,52,57-58,62H,6-7,9,11-13,15,17-19,22,25,28,31,34,37-41,43,45-49,51,53-56H2,1-5H3,(H-,60,63,64,65)/b10-8-,16-14-,21-20-,24-23-,27-26-,30-29-,33-32-,36-35-,44-42+,52-50+. The van der Waals surface area contributed by atoms with Crippen LogP contribution < -0.4 is 10.2 Å². The van der Waals surface area contributed by atoms with Crippen molar-refractivity contribution in [3.05, 3.63) is 122 Å². The lowest BCUT2D eigenvalue weighted by molar-refractivity contribution is -0.870. The average Bonchev–Trinajstić information content (AvgIpc) is 3.30. The molecule has 0 aromatic heterocycles. The van der Waals surface area contributed by atoms with E-state index in [4.69, 9.17) is 9.05 Å². The topological polar surface area (TPSA) is 108 Å². The number of amides is 1. The molecule has 0 heterocycles. The molecule has 8 nitrogen and oxygen atoms in total. The molecule has 0 aliphatic rings. The molecule has 0 fully saturated rings. The predicted octanol–water partition coefficient (Wildman–Crippen LogP) is 15.6. The number of hydrogen-bond acceptors (Lipinski definition) is 6. The number of likely N-dealkylation sites (N-methyl/N-ethyl adjacent to an activating group) is 1. The first-order chi connectivity index (χ1) is 33.0. The Morgan fingerprint density at radius 2 is 0.912 bits per heavy atom. The van der Waals surface area contributed by atoms with Crippen LogP contribution in [0.15, 0.2) is 122 Å². The number of aliphatic hydroxyl groups is 1. The molecule has 0 spiro atoms. The molecule has 0 aromatic rings. The van der Waals surface area contributed by atoms with Crippen molar-refractivity contribution in [1.29, 1.82) is 0 Å². The van der Waals surface area contributed by atoms with E-state index in [1.54, 1.807) is 6.08 Å². The Bertz CT molecular complexity index is 1510. The highest BCUT2D eigenvalue weighted by Gasteiger charge is 2.23. The molecular formula is C59H101N2O6P. The van der Waals surface area contributed by atoms with E-state index in [-0.39, 0.29) is 12.5 Å². The van der Waals surface area contributed by atoms with E-state index in [9.17, 15) is 19.4 Å². The van der Waals surface area contributed by atoms with Crippen LogP contribution in [-0.4, -0.2) is 68.5 Å². The molecule has 0 bridgehead atoms. The molecule has 388 valence electrons. The third-order valence-electron chi connectivity index (χ3n) is 11.2. The summed E-state index contributed by atoms with van der Waals surface area (Å²) in [6.45, 7) is 4.47. The molecular weight excluding hydrogens is 864 g/mol. The summed E-state index contributed by atoms with van der Waals surface area (Å²) < 4.78 is 23.2. The van der Waals surface area contributed by atoms with E-state index in [1.165, 1.54) is 70.6 Å². The Hall–Kier alpha value is -3.10. The van der Waals surface area contributed by atoms with Crippen molar-refractivity contribution >= 4 is 13.7 Å². The lowest BCUT2D eigenvalue weighted by Crippen LogP contribution is -2.45. The Morgan fingerprint density at radius 1 is 0.529 bits per heavy atom. The van der Waals surface area contributed by atoms with Gasteiger partial charge in [-0.25, -0.2) is 0 Å². The molecule has 0 aromatic carbocycles. The van der Waals surface area contributed by atoms with E-state index < -0.39 is 26.6 Å². The number of rotatable bonds is 47. The summed E-state index contributed by atoms with van der Waals surface area (Å²) in [5, 5.41) is 13.8. The molecule has 9 heteroatoms. The summed E-state index contributed by atoms with van der Waals surface area (Å²) in [7, 11) is 1.22. The summed E-state index contributed by atoms with van der Waals surface area (Å²) in [4.78, 5) is 25.4. The monoisotopic (exact) mass is 965 g/mol. The van der Waals surface area contributed by atoms with Crippen molar-refractivity contribution in [2.24, 2.45) is 0 Å². The summed E-state index contributed by atoms with van der Waals surface area (Å²) in [6, 6.07) is -0.916. The number of nitrogens with one attached hydrogen (secondary N) is 1. The van der Waals surface area contributed by atoms with Crippen molar-refractivity contribution in [1.82, 2.24) is 5.32 Å². The molecule has 0 saturated carbocycles. The minimum atomic E-state index is -4.61. The molecule has 0 rings (SSSR count). The Balaban J connectivity index is 4.23. The minimum absolute atomic E-state index is 0.0146. The summed E-state index contributed by atoms with van der Waals surface area (Å²) >= 11 is 0. The zero-order chi connectivity index (χ0) is 49.9. The van der Waals surface area contributed by atoms with Gasteiger partial charge in [0.15, 0.2) is 0 Å². The van der Waals surface area contributed by atoms with Crippen molar-refractivity contribution in [3.8, 4) is 0 Å². The molecule has 0 aliphatic heterocycles. The lowest BCUT2D eigenvalue weighted by atomic mass is 10.1. The summed E-state index contributed by atoms with van der Waals surface area (Å²) in [6.07, 6.45) is 72.7. The first-order valence-electron chi connectivity index (χ1n) is 26.9. The molecule has 0 radical (unpaired) electrons. The van der Waals surface area contributed by atoms with Gasteiger partial charge in [0, 0.05) is 6.42 Å². The summed E-state index contributed by atoms with van der Waals surface area (Å²) in [5.74, 6) is -0.223. The van der Waals surface area contributed by atoms with Crippen molar-refractivity contribution in [2.75, 3.05) is 40.9 Å². The van der Waals surface area contributed by atoms with E-state index >= 15 is 0 Å². The zero-order valence-electron chi connectivity index (χ0n) is 44.0. The second kappa shape index (κ2) is 48.9. The number of aliphatic hydroxyl groups excluding tert-OH is 1. The van der Waals surface area contributed by atoms with Crippen molar-refractivity contribution in [3.63, 3.8) is 0 Å². The van der Waals surface area contributed by atoms with Crippen LogP contribution in [0.2, 0.25) is 0 Å². The number of phosphoric ester groups is 1. The van der Waals surface area contributed by atoms with Crippen LogP contribution in [0, 0.1) is 0 Å². The van der Waals surface area contributed by atoms with Crippen molar-refractivity contribution < 1.29 is 32.9 Å². The molecule has 68 heavy (non-hydrogen) atoms. The number of carbonyl (C=O) groups excluding carboxylic acids is 1. The van der Waals surface area contributed by atoms with Crippen LogP contribution in [-0.2, 0) is 18.4 Å². The van der Waals surface area contributed by atoms with Gasteiger partial charge in [-0.1, -0.05) is 212 Å². The third kappa shape index (κ3) is 50.8. The Labute approximate surface area is 418 Å². The van der Waals surface area contributed by atoms with E-state index in [1.807, 2.05) is 27.2 Å². The normalized spacial score (nSPS) is 15.0. The largest absolute Gasteiger partial charge is 0.756 e. The van der Waals surface area contributed by atoms with Gasteiger partial charge in [0.25, 0.3) is 7.82 Å². The molecule has 2 N–H and O–H groups in total. The fourth-order valence-electron chi connectivity index (χ4n) is 6.95. The fourth-order valence-corrected chi connectivity index (χ4v) is 7.67. The average molecular weight is 965 g/mol. The lowest BCUT2D eigenvalue weighted by Gasteiger charge is -2.29. The van der Waals surface area contributed by atoms with E-state index in [0.717, 1.165) is 103 Å². The molecule has 0 aliphatic carbocycles. The van der Waals surface area contributed by atoms with Gasteiger partial charge < -0.3 is 28.8 Å². The maximum atomic E-state index is 12.9. The summed E-state index contributed by atoms with van der Waals surface area (Å²) in [5.41, 5.74) is 0. The SMILES string of the molecule is CC/C=C\C/C=C\C/C=C\C/C=C\C/C=C\C/C=C\C/C=C\C/C=C\CCCCCCCCCCC(=O)NC(COP(=O)([O-])OCC[N+](C)(C)C)C(O)/C=C/CC/C=C/CCCCCCCCC. The smallest absolute Gasteiger partial charge is 0.268 e. The second-order valence-corrected chi connectivity index (χ2v) is 20.2. The Morgan fingerprint density at radius 3 is 1.37 bits per heavy atom. The highest BCUT2D eigenvalue weighted by atomic mass is 31.2. The van der Waals surface area contributed by atoms with Gasteiger partial charge in [-0.15, -0.1) is 0 Å². The van der Waals surface area contributed by atoms with Gasteiger partial charge in [0.2, 0.25) is 5.91 Å². The zero-order valence-corrected chi connectivity index (χ0v) is 44.9. The first kappa shape index (κ1) is 64.9. The van der Waals surface area contributed by atoms with Gasteiger partial charge in [-0.3, -0.25) is 9.36 Å². The van der Waals surface area contributed by atoms with E-state index in [0.29, 0.717) is 17.4 Å². The maximum Gasteiger partial charge on any atom is 0.268 e. The molecule has 3 unspecified atom stereocenters. The highest BCUT2D eigenvalue weighted by molar-refractivity contribution is 7.45. The Kier molecular flexibility index (Phi) is 46.7. The number of nitrogens with zero attached hydrogens (tertiary/aromatic N) is 1. The maximum absolute atomic E-state index is 12.9. The van der Waals surface area contributed by atoms with Gasteiger partial charge >= 0.3 is 0 Å². The van der Waals surface area contributed by atoms with Crippen LogP contribution in [0.5, 0.6) is 0 Å². The molecule has 3 atom stereocenters. The number of quaternary nitrogens is 1. The highest BCUT2D eigenvalue weighted by Crippen LogP contribution is 2.38. The van der Waals surface area contributed by atoms with Crippen LogP contribution in [0.4, 0.5) is 0 Å². The quantitative estimate of drug-likeness (QED) is 0.0272. The van der Waals surface area contributed by atoms with Gasteiger partial charge in [-0.05, 0) is 96.3 Å². The fraction of sp³-hybridized carbons (Fsp3) is 0.644. The van der Waals surface area contributed by atoms with Gasteiger partial charge in [-0.2, -0.15) is 0 Å². The van der Waals surface area contributed by atoms with Crippen LogP contribution in [0.25, 0.3) is 0 Å². The number of phosphoric acid groups is 1. The number of allylic oxidation sites excluding steroid dienone is 19. The van der Waals surface area contributed by atoms with Gasteiger partial charge in [0.1, 0.15) is 13.2 Å². The van der Waals surface area contributed by atoms with E-state index in [2.05, 4.69) is 129 Å². The number of unbranched alkanes of at least 4 members (excludes halogenated alkanes) is 16. The predicted molar refractivity (Wildman–Crippen MR) is 292 cm³/mol. The van der Waals surface area contributed by atoms with Crippen LogP contribution in [0.1, 0.15) is 194 Å². The second-order valence-electron chi connectivity index (χ2n) is 18.8. The molecule has 1 amide bonds. The third-order valence-corrected chi connectivity index (χ3v) is 12.1. The van der Waals surface area contributed by atoms with Crippen molar-refractivity contribution in [2.45, 2.75) is 206 Å². The molecule has 0 saturated heterocycles. The van der Waals surface area contributed by atoms with Gasteiger partial charge in [0.05, 0.1) is 39.9 Å². The minimum Gasteiger partial charge on any atom is -0.756 e. The number of carbonyl (C=O) groups is 1. The first-order valence-corrected chi connectivity index (χ1v) is 28.4. The van der Waals surface area contributed by atoms with Crippen LogP contribution in [0.3, 0.4) is 0 Å². The van der Waals surface area contributed by atoms with Crippen LogP contribution >= 0.6 is 7.82 Å².